The largest absolute Gasteiger partial charge is 0.385 e. The maximum atomic E-state index is 11.4. The van der Waals surface area contributed by atoms with Crippen LogP contribution in [0.15, 0.2) is 6.20 Å². The molecule has 0 radical (unpaired) electrons. The molecule has 0 aliphatic carbocycles. The second kappa shape index (κ2) is 5.09. The molecular formula is C9H13NO2S. The zero-order valence-corrected chi connectivity index (χ0v) is 8.69. The van der Waals surface area contributed by atoms with E-state index < -0.39 is 0 Å². The zero-order valence-electron chi connectivity index (χ0n) is 7.87. The summed E-state index contributed by atoms with van der Waals surface area (Å²) in [6.45, 7) is 2.58. The molecule has 0 aliphatic rings. The molecule has 1 aromatic heterocycles. The van der Waals surface area contributed by atoms with Crippen LogP contribution in [-0.4, -0.2) is 24.5 Å². The summed E-state index contributed by atoms with van der Waals surface area (Å²) >= 11 is 1.45. The Balaban J connectivity index is 2.40. The van der Waals surface area contributed by atoms with E-state index in [0.29, 0.717) is 18.0 Å². The van der Waals surface area contributed by atoms with E-state index in [1.54, 1.807) is 13.3 Å². The Labute approximate surface area is 81.8 Å². The van der Waals surface area contributed by atoms with Crippen LogP contribution in [0.4, 0.5) is 0 Å². The molecule has 0 fully saturated rings. The summed E-state index contributed by atoms with van der Waals surface area (Å²) in [5, 5.41) is 0.619. The van der Waals surface area contributed by atoms with Gasteiger partial charge in [-0.1, -0.05) is 0 Å². The lowest BCUT2D eigenvalue weighted by molar-refractivity contribution is 0.0963. The van der Waals surface area contributed by atoms with Crippen LogP contribution >= 0.6 is 11.3 Å². The number of aromatic nitrogens is 1. The monoisotopic (exact) mass is 199 g/mol. The van der Waals surface area contributed by atoms with E-state index in [1.807, 2.05) is 6.92 Å². The van der Waals surface area contributed by atoms with Crippen LogP contribution in [0.5, 0.6) is 0 Å². The number of Topliss-reactive ketones (excluding diaryl/α,β-unsaturated/α-hetero) is 1. The number of carbonyl (C=O) groups excluding carboxylic acids is 1. The van der Waals surface area contributed by atoms with Gasteiger partial charge in [-0.25, -0.2) is 4.98 Å². The topological polar surface area (TPSA) is 39.2 Å². The van der Waals surface area contributed by atoms with Gasteiger partial charge in [0, 0.05) is 31.2 Å². The van der Waals surface area contributed by atoms with Gasteiger partial charge in [-0.2, -0.15) is 0 Å². The smallest absolute Gasteiger partial charge is 0.191 e. The molecule has 0 amide bonds. The summed E-state index contributed by atoms with van der Waals surface area (Å²) < 4.78 is 4.86. The van der Waals surface area contributed by atoms with Crippen molar-refractivity contribution >= 4 is 17.1 Å². The summed E-state index contributed by atoms with van der Waals surface area (Å²) in [6.07, 6.45) is 3.03. The normalized spacial score (nSPS) is 10.3. The first kappa shape index (κ1) is 10.3. The lowest BCUT2D eigenvalue weighted by atomic mass is 10.2. The molecule has 0 saturated carbocycles. The van der Waals surface area contributed by atoms with Crippen molar-refractivity contribution in [2.75, 3.05) is 13.7 Å². The van der Waals surface area contributed by atoms with E-state index in [0.717, 1.165) is 11.3 Å². The predicted molar refractivity (Wildman–Crippen MR) is 52.3 cm³/mol. The van der Waals surface area contributed by atoms with Crippen LogP contribution in [-0.2, 0) is 4.74 Å². The molecule has 3 nitrogen and oxygen atoms in total. The molecule has 13 heavy (non-hydrogen) atoms. The minimum Gasteiger partial charge on any atom is -0.385 e. The molecule has 0 bridgehead atoms. The van der Waals surface area contributed by atoms with E-state index in [1.165, 1.54) is 11.3 Å². The van der Waals surface area contributed by atoms with Crippen molar-refractivity contribution in [2.45, 2.75) is 19.8 Å². The number of hydrogen-bond donors (Lipinski definition) is 0. The standard InChI is InChI=1S/C9H13NO2S/c1-7-6-10-9(13-7)8(11)4-3-5-12-2/h6H,3-5H2,1-2H3. The minimum absolute atomic E-state index is 0.121. The number of ether oxygens (including phenoxy) is 1. The molecule has 1 heterocycles. The van der Waals surface area contributed by atoms with E-state index in [-0.39, 0.29) is 5.78 Å². The number of ketones is 1. The lowest BCUT2D eigenvalue weighted by Gasteiger charge is -1.95. The molecule has 1 rings (SSSR count). The molecule has 0 N–H and O–H groups in total. The second-order valence-corrected chi connectivity index (χ2v) is 4.03. The van der Waals surface area contributed by atoms with Crippen LogP contribution in [0.1, 0.15) is 27.5 Å². The van der Waals surface area contributed by atoms with Gasteiger partial charge in [-0.05, 0) is 13.3 Å². The van der Waals surface area contributed by atoms with Gasteiger partial charge in [0.15, 0.2) is 10.8 Å². The molecule has 1 aromatic rings. The average Bonchev–Trinajstić information content (AvgIpc) is 2.52. The Morgan fingerprint density at radius 2 is 2.46 bits per heavy atom. The molecule has 0 spiro atoms. The van der Waals surface area contributed by atoms with Gasteiger partial charge in [0.1, 0.15) is 0 Å². The molecular weight excluding hydrogens is 186 g/mol. The van der Waals surface area contributed by atoms with Crippen LogP contribution in [0, 0.1) is 6.92 Å². The lowest BCUT2D eigenvalue weighted by Crippen LogP contribution is -2.00. The van der Waals surface area contributed by atoms with Crippen molar-refractivity contribution in [1.82, 2.24) is 4.98 Å². The highest BCUT2D eigenvalue weighted by Crippen LogP contribution is 2.13. The SMILES string of the molecule is COCCCC(=O)c1ncc(C)s1. The summed E-state index contributed by atoms with van der Waals surface area (Å²) in [5.74, 6) is 0.121. The Hall–Kier alpha value is -0.740. The fraction of sp³-hybridized carbons (Fsp3) is 0.556. The quantitative estimate of drug-likeness (QED) is 0.538. The van der Waals surface area contributed by atoms with E-state index in [2.05, 4.69) is 4.98 Å². The number of methoxy groups -OCH3 is 1. The van der Waals surface area contributed by atoms with Crippen molar-refractivity contribution in [1.29, 1.82) is 0 Å². The first-order valence-corrected chi connectivity index (χ1v) is 5.00. The van der Waals surface area contributed by atoms with Crippen LogP contribution in [0.3, 0.4) is 0 Å². The highest BCUT2D eigenvalue weighted by atomic mass is 32.1. The van der Waals surface area contributed by atoms with Crippen molar-refractivity contribution < 1.29 is 9.53 Å². The van der Waals surface area contributed by atoms with Gasteiger partial charge >= 0.3 is 0 Å². The number of thiazole rings is 1. The van der Waals surface area contributed by atoms with Crippen molar-refractivity contribution in [3.8, 4) is 0 Å². The molecule has 4 heteroatoms. The van der Waals surface area contributed by atoms with Gasteiger partial charge in [0.25, 0.3) is 0 Å². The first-order valence-electron chi connectivity index (χ1n) is 4.18. The third-order valence-electron chi connectivity index (χ3n) is 1.61. The van der Waals surface area contributed by atoms with Crippen molar-refractivity contribution in [3.63, 3.8) is 0 Å². The summed E-state index contributed by atoms with van der Waals surface area (Å²) in [6, 6.07) is 0. The average molecular weight is 199 g/mol. The molecule has 0 unspecified atom stereocenters. The summed E-state index contributed by atoms with van der Waals surface area (Å²) in [4.78, 5) is 16.5. The Morgan fingerprint density at radius 3 is 3.00 bits per heavy atom. The van der Waals surface area contributed by atoms with E-state index in [4.69, 9.17) is 4.74 Å². The molecule has 72 valence electrons. The third kappa shape index (κ3) is 3.24. The van der Waals surface area contributed by atoms with Crippen LogP contribution < -0.4 is 0 Å². The van der Waals surface area contributed by atoms with Crippen molar-refractivity contribution in [2.24, 2.45) is 0 Å². The van der Waals surface area contributed by atoms with Gasteiger partial charge < -0.3 is 4.74 Å². The Bertz CT molecular complexity index is 283. The van der Waals surface area contributed by atoms with Gasteiger partial charge in [-0.15, -0.1) is 11.3 Å². The minimum atomic E-state index is 0.121. The van der Waals surface area contributed by atoms with Gasteiger partial charge in [0.05, 0.1) is 0 Å². The number of nitrogens with zero attached hydrogens (tertiary/aromatic N) is 1. The second-order valence-electron chi connectivity index (χ2n) is 2.80. The molecule has 0 aromatic carbocycles. The number of hydrogen-bond acceptors (Lipinski definition) is 4. The summed E-state index contributed by atoms with van der Waals surface area (Å²) in [7, 11) is 1.64. The van der Waals surface area contributed by atoms with Gasteiger partial charge in [0.2, 0.25) is 0 Å². The van der Waals surface area contributed by atoms with Crippen molar-refractivity contribution in [3.05, 3.63) is 16.1 Å². The van der Waals surface area contributed by atoms with E-state index in [9.17, 15) is 4.79 Å². The fourth-order valence-electron chi connectivity index (χ4n) is 0.968. The maximum Gasteiger partial charge on any atom is 0.191 e. The van der Waals surface area contributed by atoms with Crippen LogP contribution in [0.25, 0.3) is 0 Å². The first-order chi connectivity index (χ1) is 6.24. The fourth-order valence-corrected chi connectivity index (χ4v) is 1.70. The predicted octanol–water partition coefficient (Wildman–Crippen LogP) is 2.06. The number of rotatable bonds is 5. The maximum absolute atomic E-state index is 11.4. The highest BCUT2D eigenvalue weighted by Gasteiger charge is 2.08. The number of carbonyl (C=O) groups is 1. The molecule has 0 aliphatic heterocycles. The summed E-state index contributed by atoms with van der Waals surface area (Å²) in [5.41, 5.74) is 0. The Kier molecular flexibility index (Phi) is 4.05. The van der Waals surface area contributed by atoms with Crippen LogP contribution in [0.2, 0.25) is 0 Å². The highest BCUT2D eigenvalue weighted by molar-refractivity contribution is 7.13. The third-order valence-corrected chi connectivity index (χ3v) is 2.57. The number of aryl methyl sites for hydroxylation is 1. The Morgan fingerprint density at radius 1 is 1.69 bits per heavy atom. The zero-order chi connectivity index (χ0) is 9.68. The van der Waals surface area contributed by atoms with Gasteiger partial charge in [-0.3, -0.25) is 4.79 Å². The molecule has 0 atom stereocenters. The molecule has 0 saturated heterocycles. The van der Waals surface area contributed by atoms with E-state index >= 15 is 0 Å².